The van der Waals surface area contributed by atoms with Gasteiger partial charge in [-0.2, -0.15) is 0 Å². The summed E-state index contributed by atoms with van der Waals surface area (Å²) in [4.78, 5) is 12.1. The van der Waals surface area contributed by atoms with Gasteiger partial charge in [-0.3, -0.25) is 9.72 Å². The topological polar surface area (TPSA) is 80.5 Å². The van der Waals surface area contributed by atoms with Crippen molar-refractivity contribution in [3.63, 3.8) is 0 Å². The monoisotopic (exact) mass is 317 g/mol. The molecule has 0 aliphatic heterocycles. The average Bonchev–Trinajstić information content (AvgIpc) is 2.91. The number of amides is 2. The standard InChI is InChI=1S/C14H12ClN5O2/c1-22-11-6-5-9(15)8-10(11)16-14(21)17-13-19-18-12-4-2-3-7-20(12)13/h2-8H,1H3,(H2,16,17,19,21). The molecule has 3 aromatic rings. The first-order valence-corrected chi connectivity index (χ1v) is 6.76. The van der Waals surface area contributed by atoms with Crippen LogP contribution in [0.1, 0.15) is 0 Å². The van der Waals surface area contributed by atoms with Crippen molar-refractivity contribution in [1.82, 2.24) is 14.6 Å². The van der Waals surface area contributed by atoms with Crippen molar-refractivity contribution >= 4 is 34.9 Å². The molecule has 8 heteroatoms. The molecule has 0 saturated carbocycles. The molecule has 2 N–H and O–H groups in total. The molecule has 7 nitrogen and oxygen atoms in total. The Bertz CT molecular complexity index is 833. The van der Waals surface area contributed by atoms with Crippen LogP contribution in [0, 0.1) is 0 Å². The van der Waals surface area contributed by atoms with Crippen molar-refractivity contribution in [2.75, 3.05) is 17.7 Å². The molecule has 0 spiro atoms. The normalized spacial score (nSPS) is 10.5. The van der Waals surface area contributed by atoms with Crippen LogP contribution in [0.4, 0.5) is 16.4 Å². The van der Waals surface area contributed by atoms with Gasteiger partial charge in [0.05, 0.1) is 12.8 Å². The number of hydrogen-bond donors (Lipinski definition) is 2. The van der Waals surface area contributed by atoms with Gasteiger partial charge >= 0.3 is 6.03 Å². The Kier molecular flexibility index (Phi) is 3.80. The van der Waals surface area contributed by atoms with Crippen LogP contribution in [-0.4, -0.2) is 27.7 Å². The fourth-order valence-corrected chi connectivity index (χ4v) is 2.13. The minimum absolute atomic E-state index is 0.314. The lowest BCUT2D eigenvalue weighted by Gasteiger charge is -2.10. The molecule has 0 aliphatic rings. The van der Waals surface area contributed by atoms with Crippen molar-refractivity contribution < 1.29 is 9.53 Å². The van der Waals surface area contributed by atoms with Crippen LogP contribution >= 0.6 is 11.6 Å². The highest BCUT2D eigenvalue weighted by atomic mass is 35.5. The molecular formula is C14H12ClN5O2. The molecule has 0 saturated heterocycles. The number of benzene rings is 1. The van der Waals surface area contributed by atoms with E-state index < -0.39 is 6.03 Å². The molecule has 0 unspecified atom stereocenters. The second kappa shape index (κ2) is 5.90. The van der Waals surface area contributed by atoms with Gasteiger partial charge in [-0.15, -0.1) is 10.2 Å². The Morgan fingerprint density at radius 3 is 2.91 bits per heavy atom. The Hall–Kier alpha value is -2.80. The number of rotatable bonds is 3. The number of carbonyl (C=O) groups excluding carboxylic acids is 1. The van der Waals surface area contributed by atoms with Gasteiger partial charge in [-0.05, 0) is 30.3 Å². The van der Waals surface area contributed by atoms with E-state index in [0.29, 0.717) is 28.1 Å². The van der Waals surface area contributed by atoms with E-state index in [1.54, 1.807) is 34.9 Å². The first-order valence-electron chi connectivity index (χ1n) is 6.38. The number of pyridine rings is 1. The summed E-state index contributed by atoms with van der Waals surface area (Å²) < 4.78 is 6.83. The molecule has 0 radical (unpaired) electrons. The number of nitrogens with zero attached hydrogens (tertiary/aromatic N) is 3. The van der Waals surface area contributed by atoms with Crippen LogP contribution in [0.2, 0.25) is 5.02 Å². The van der Waals surface area contributed by atoms with Crippen molar-refractivity contribution in [2.45, 2.75) is 0 Å². The minimum Gasteiger partial charge on any atom is -0.495 e. The van der Waals surface area contributed by atoms with Gasteiger partial charge in [-0.1, -0.05) is 17.7 Å². The summed E-state index contributed by atoms with van der Waals surface area (Å²) in [6.45, 7) is 0. The molecular weight excluding hydrogens is 306 g/mol. The molecule has 2 heterocycles. The molecule has 2 aromatic heterocycles. The zero-order valence-corrected chi connectivity index (χ0v) is 12.3. The molecule has 0 fully saturated rings. The van der Waals surface area contributed by atoms with E-state index in [0.717, 1.165) is 0 Å². The summed E-state index contributed by atoms with van der Waals surface area (Å²) in [5.74, 6) is 0.819. The highest BCUT2D eigenvalue weighted by molar-refractivity contribution is 6.31. The van der Waals surface area contributed by atoms with Crippen LogP contribution in [0.25, 0.3) is 5.65 Å². The van der Waals surface area contributed by atoms with Crippen LogP contribution in [-0.2, 0) is 0 Å². The quantitative estimate of drug-likeness (QED) is 0.778. The maximum Gasteiger partial charge on any atom is 0.326 e. The van der Waals surface area contributed by atoms with Gasteiger partial charge in [0, 0.05) is 11.2 Å². The van der Waals surface area contributed by atoms with E-state index >= 15 is 0 Å². The smallest absolute Gasteiger partial charge is 0.326 e. The van der Waals surface area contributed by atoms with Gasteiger partial charge < -0.3 is 10.1 Å². The maximum absolute atomic E-state index is 12.1. The van der Waals surface area contributed by atoms with Gasteiger partial charge in [-0.25, -0.2) is 4.79 Å². The fourth-order valence-electron chi connectivity index (χ4n) is 1.96. The maximum atomic E-state index is 12.1. The number of anilines is 2. The minimum atomic E-state index is -0.473. The molecule has 0 atom stereocenters. The molecule has 22 heavy (non-hydrogen) atoms. The SMILES string of the molecule is COc1ccc(Cl)cc1NC(=O)Nc1nnc2ccccn12. The molecule has 3 rings (SSSR count). The second-order valence-electron chi connectivity index (χ2n) is 4.38. The highest BCUT2D eigenvalue weighted by Crippen LogP contribution is 2.27. The van der Waals surface area contributed by atoms with E-state index in [1.807, 2.05) is 12.1 Å². The van der Waals surface area contributed by atoms with Gasteiger partial charge in [0.2, 0.25) is 5.95 Å². The zero-order chi connectivity index (χ0) is 15.5. The number of ether oxygens (including phenoxy) is 1. The lowest BCUT2D eigenvalue weighted by Crippen LogP contribution is -2.21. The largest absolute Gasteiger partial charge is 0.495 e. The second-order valence-corrected chi connectivity index (χ2v) is 4.81. The van der Waals surface area contributed by atoms with Crippen LogP contribution in [0.5, 0.6) is 5.75 Å². The Balaban J connectivity index is 1.79. The van der Waals surface area contributed by atoms with E-state index in [9.17, 15) is 4.79 Å². The Morgan fingerprint density at radius 2 is 2.09 bits per heavy atom. The summed E-state index contributed by atoms with van der Waals surface area (Å²) in [7, 11) is 1.51. The Labute approximate surface area is 130 Å². The van der Waals surface area contributed by atoms with Crippen LogP contribution in [0.3, 0.4) is 0 Å². The number of fused-ring (bicyclic) bond motifs is 1. The van der Waals surface area contributed by atoms with Gasteiger partial charge in [0.15, 0.2) is 5.65 Å². The fraction of sp³-hybridized carbons (Fsp3) is 0.0714. The third-order valence-corrected chi connectivity index (χ3v) is 3.18. The third kappa shape index (κ3) is 2.79. The molecule has 0 aliphatic carbocycles. The van der Waals surface area contributed by atoms with E-state index in [-0.39, 0.29) is 0 Å². The predicted molar refractivity (Wildman–Crippen MR) is 83.6 cm³/mol. The lowest BCUT2D eigenvalue weighted by molar-refractivity contribution is 0.262. The number of methoxy groups -OCH3 is 1. The van der Waals surface area contributed by atoms with E-state index in [2.05, 4.69) is 20.8 Å². The number of halogens is 1. The Morgan fingerprint density at radius 1 is 1.23 bits per heavy atom. The molecule has 1 aromatic carbocycles. The highest BCUT2D eigenvalue weighted by Gasteiger charge is 2.11. The zero-order valence-electron chi connectivity index (χ0n) is 11.6. The molecule has 0 bridgehead atoms. The molecule has 112 valence electrons. The van der Waals surface area contributed by atoms with Crippen molar-refractivity contribution in [1.29, 1.82) is 0 Å². The summed E-state index contributed by atoms with van der Waals surface area (Å²) in [5, 5.41) is 13.7. The lowest BCUT2D eigenvalue weighted by atomic mass is 10.3. The summed E-state index contributed by atoms with van der Waals surface area (Å²) in [5.41, 5.74) is 1.10. The van der Waals surface area contributed by atoms with Crippen molar-refractivity contribution in [3.8, 4) is 5.75 Å². The predicted octanol–water partition coefficient (Wildman–Crippen LogP) is 3.04. The first kappa shape index (κ1) is 14.2. The summed E-state index contributed by atoms with van der Waals surface area (Å²) in [6, 6.07) is 9.92. The van der Waals surface area contributed by atoms with Crippen molar-refractivity contribution in [2.24, 2.45) is 0 Å². The van der Waals surface area contributed by atoms with E-state index in [1.165, 1.54) is 7.11 Å². The number of urea groups is 1. The number of hydrogen-bond acceptors (Lipinski definition) is 4. The molecule has 2 amide bonds. The number of aromatic nitrogens is 3. The van der Waals surface area contributed by atoms with E-state index in [4.69, 9.17) is 16.3 Å². The number of carbonyl (C=O) groups is 1. The van der Waals surface area contributed by atoms with Gasteiger partial charge in [0.1, 0.15) is 5.75 Å². The first-order chi connectivity index (χ1) is 10.7. The van der Waals surface area contributed by atoms with Gasteiger partial charge in [0.25, 0.3) is 0 Å². The third-order valence-electron chi connectivity index (χ3n) is 2.95. The summed E-state index contributed by atoms with van der Waals surface area (Å²) >= 11 is 5.92. The average molecular weight is 318 g/mol. The summed E-state index contributed by atoms with van der Waals surface area (Å²) in [6.07, 6.45) is 1.75. The van der Waals surface area contributed by atoms with Crippen LogP contribution < -0.4 is 15.4 Å². The van der Waals surface area contributed by atoms with Crippen LogP contribution in [0.15, 0.2) is 42.6 Å². The van der Waals surface area contributed by atoms with Crippen molar-refractivity contribution in [3.05, 3.63) is 47.6 Å². The number of nitrogens with one attached hydrogen (secondary N) is 2.